The number of hydrogen-bond donors (Lipinski definition) is 0. The summed E-state index contributed by atoms with van der Waals surface area (Å²) in [5, 5.41) is 0. The molecule has 3 nitrogen and oxygen atoms in total. The summed E-state index contributed by atoms with van der Waals surface area (Å²) in [4.78, 5) is 0. The van der Waals surface area contributed by atoms with Gasteiger partial charge in [-0.15, -0.1) is 0 Å². The second kappa shape index (κ2) is 7.33. The second-order valence-electron chi connectivity index (χ2n) is 3.14. The van der Waals surface area contributed by atoms with Crippen molar-refractivity contribution in [2.75, 3.05) is 12.4 Å². The first-order valence-corrected chi connectivity index (χ1v) is 6.57. The van der Waals surface area contributed by atoms with Crippen LogP contribution in [0, 0.1) is 0 Å². The molecule has 13 heavy (non-hydrogen) atoms. The van der Waals surface area contributed by atoms with E-state index in [9.17, 15) is 8.42 Å². The van der Waals surface area contributed by atoms with E-state index in [0.717, 1.165) is 25.7 Å². The van der Waals surface area contributed by atoms with Crippen molar-refractivity contribution in [1.29, 1.82) is 0 Å². The van der Waals surface area contributed by atoms with E-state index >= 15 is 0 Å². The molecule has 0 aromatic carbocycles. The van der Waals surface area contributed by atoms with Gasteiger partial charge in [-0.25, -0.2) is 0 Å². The van der Waals surface area contributed by atoms with Gasteiger partial charge in [-0.1, -0.05) is 33.1 Å². The first-order chi connectivity index (χ1) is 6.12. The largest absolute Gasteiger partial charge is 0.270 e. The van der Waals surface area contributed by atoms with Crippen LogP contribution in [0.25, 0.3) is 0 Å². The molecule has 0 amide bonds. The third kappa shape index (κ3) is 8.25. The van der Waals surface area contributed by atoms with E-state index in [1.807, 2.05) is 6.92 Å². The molecule has 0 saturated carbocycles. The van der Waals surface area contributed by atoms with Crippen LogP contribution in [0.15, 0.2) is 0 Å². The van der Waals surface area contributed by atoms with Crippen LogP contribution < -0.4 is 0 Å². The van der Waals surface area contributed by atoms with Gasteiger partial charge in [0, 0.05) is 0 Å². The molecular formula is C9H20O3S. The lowest BCUT2D eigenvalue weighted by atomic mass is 10.3. The molecule has 0 fully saturated rings. The molecule has 0 aromatic rings. The Labute approximate surface area is 81.6 Å². The van der Waals surface area contributed by atoms with Gasteiger partial charge in [0.1, 0.15) is 0 Å². The summed E-state index contributed by atoms with van der Waals surface area (Å²) in [7, 11) is -3.22. The van der Waals surface area contributed by atoms with Gasteiger partial charge in [-0.2, -0.15) is 8.42 Å². The highest BCUT2D eigenvalue weighted by atomic mass is 32.2. The second-order valence-corrected chi connectivity index (χ2v) is 4.90. The van der Waals surface area contributed by atoms with E-state index in [4.69, 9.17) is 4.18 Å². The molecule has 0 atom stereocenters. The summed E-state index contributed by atoms with van der Waals surface area (Å²) < 4.78 is 27.1. The normalized spacial score (nSPS) is 11.8. The summed E-state index contributed by atoms with van der Waals surface area (Å²) in [6.07, 6.45) is 4.52. The average Bonchev–Trinajstić information content (AvgIpc) is 2.09. The van der Waals surface area contributed by atoms with E-state index in [0.29, 0.717) is 13.0 Å². The van der Waals surface area contributed by atoms with E-state index < -0.39 is 10.1 Å². The molecule has 4 heteroatoms. The minimum atomic E-state index is -3.22. The van der Waals surface area contributed by atoms with Crippen LogP contribution in [0.2, 0.25) is 0 Å². The van der Waals surface area contributed by atoms with Gasteiger partial charge in [-0.3, -0.25) is 4.18 Å². The SMILES string of the molecule is CCCCCOS(=O)(=O)CCCC. The van der Waals surface area contributed by atoms with Crippen molar-refractivity contribution < 1.29 is 12.6 Å². The smallest absolute Gasteiger partial charge is 0.267 e. The van der Waals surface area contributed by atoms with Crippen LogP contribution >= 0.6 is 0 Å². The maximum Gasteiger partial charge on any atom is 0.267 e. The maximum absolute atomic E-state index is 11.1. The predicted molar refractivity (Wildman–Crippen MR) is 54.2 cm³/mol. The first kappa shape index (κ1) is 12.9. The molecule has 0 unspecified atom stereocenters. The van der Waals surface area contributed by atoms with Crippen molar-refractivity contribution in [3.63, 3.8) is 0 Å². The van der Waals surface area contributed by atoms with Gasteiger partial charge < -0.3 is 0 Å². The van der Waals surface area contributed by atoms with Crippen molar-refractivity contribution in [2.24, 2.45) is 0 Å². The Bertz CT molecular complexity index is 197. The number of unbranched alkanes of at least 4 members (excludes halogenated alkanes) is 3. The Kier molecular flexibility index (Phi) is 7.28. The number of hydrogen-bond acceptors (Lipinski definition) is 3. The molecule has 0 spiro atoms. The van der Waals surface area contributed by atoms with Gasteiger partial charge in [0.15, 0.2) is 0 Å². The van der Waals surface area contributed by atoms with Crippen molar-refractivity contribution in [3.05, 3.63) is 0 Å². The van der Waals surface area contributed by atoms with Gasteiger partial charge in [0.2, 0.25) is 0 Å². The Morgan fingerprint density at radius 2 is 1.62 bits per heavy atom. The quantitative estimate of drug-likeness (QED) is 0.454. The van der Waals surface area contributed by atoms with Gasteiger partial charge in [0.05, 0.1) is 12.4 Å². The third-order valence-corrected chi connectivity index (χ3v) is 3.07. The number of rotatable bonds is 8. The van der Waals surface area contributed by atoms with Crippen molar-refractivity contribution >= 4 is 10.1 Å². The Morgan fingerprint density at radius 3 is 2.15 bits per heavy atom. The van der Waals surface area contributed by atoms with E-state index in [2.05, 4.69) is 6.92 Å². The van der Waals surface area contributed by atoms with Crippen LogP contribution in [0.1, 0.15) is 46.0 Å². The zero-order chi connectivity index (χ0) is 10.2. The van der Waals surface area contributed by atoms with E-state index in [1.54, 1.807) is 0 Å². The van der Waals surface area contributed by atoms with Crippen molar-refractivity contribution in [3.8, 4) is 0 Å². The Hall–Kier alpha value is -0.0900. The molecule has 0 heterocycles. The molecule has 0 aromatic heterocycles. The van der Waals surface area contributed by atoms with E-state index in [1.165, 1.54) is 0 Å². The molecular weight excluding hydrogens is 188 g/mol. The Morgan fingerprint density at radius 1 is 1.00 bits per heavy atom. The lowest BCUT2D eigenvalue weighted by Crippen LogP contribution is -2.11. The standard InChI is InChI=1S/C9H20O3S/c1-3-5-7-8-12-13(10,11)9-6-4-2/h3-9H2,1-2H3. The highest BCUT2D eigenvalue weighted by molar-refractivity contribution is 7.86. The average molecular weight is 208 g/mol. The molecule has 0 N–H and O–H groups in total. The predicted octanol–water partition coefficient (Wildman–Crippen LogP) is 2.32. The van der Waals surface area contributed by atoms with Crippen molar-refractivity contribution in [2.45, 2.75) is 46.0 Å². The van der Waals surface area contributed by atoms with Gasteiger partial charge in [-0.05, 0) is 12.8 Å². The van der Waals surface area contributed by atoms with Crippen LogP contribution in [0.3, 0.4) is 0 Å². The molecule has 0 bridgehead atoms. The molecule has 0 saturated heterocycles. The molecule has 0 radical (unpaired) electrons. The highest BCUT2D eigenvalue weighted by Gasteiger charge is 2.08. The van der Waals surface area contributed by atoms with E-state index in [-0.39, 0.29) is 5.75 Å². The summed E-state index contributed by atoms with van der Waals surface area (Å²) >= 11 is 0. The zero-order valence-corrected chi connectivity index (χ0v) is 9.40. The molecule has 0 aliphatic carbocycles. The Balaban J connectivity index is 3.52. The van der Waals surface area contributed by atoms with Gasteiger partial charge in [0.25, 0.3) is 10.1 Å². The zero-order valence-electron chi connectivity index (χ0n) is 8.58. The summed E-state index contributed by atoms with van der Waals surface area (Å²) in [5.74, 6) is 0.162. The lowest BCUT2D eigenvalue weighted by molar-refractivity contribution is 0.307. The summed E-state index contributed by atoms with van der Waals surface area (Å²) in [5.41, 5.74) is 0. The molecule has 0 rings (SSSR count). The fraction of sp³-hybridized carbons (Fsp3) is 1.00. The summed E-state index contributed by atoms with van der Waals surface area (Å²) in [6.45, 7) is 4.39. The maximum atomic E-state index is 11.1. The lowest BCUT2D eigenvalue weighted by Gasteiger charge is -2.03. The minimum absolute atomic E-state index is 0.162. The van der Waals surface area contributed by atoms with Crippen LogP contribution in [0.5, 0.6) is 0 Å². The topological polar surface area (TPSA) is 43.4 Å². The highest BCUT2D eigenvalue weighted by Crippen LogP contribution is 2.02. The fourth-order valence-electron chi connectivity index (χ4n) is 0.918. The van der Waals surface area contributed by atoms with Crippen molar-refractivity contribution in [1.82, 2.24) is 0 Å². The molecule has 0 aliphatic rings. The molecule has 80 valence electrons. The fourth-order valence-corrected chi connectivity index (χ4v) is 2.05. The van der Waals surface area contributed by atoms with Crippen LogP contribution in [0.4, 0.5) is 0 Å². The third-order valence-electron chi connectivity index (χ3n) is 1.76. The summed E-state index contributed by atoms with van der Waals surface area (Å²) in [6, 6.07) is 0. The van der Waals surface area contributed by atoms with Crippen LogP contribution in [-0.4, -0.2) is 20.8 Å². The van der Waals surface area contributed by atoms with Gasteiger partial charge >= 0.3 is 0 Å². The van der Waals surface area contributed by atoms with Crippen LogP contribution in [-0.2, 0) is 14.3 Å². The monoisotopic (exact) mass is 208 g/mol. The molecule has 0 aliphatic heterocycles. The minimum Gasteiger partial charge on any atom is -0.270 e. The first-order valence-electron chi connectivity index (χ1n) is 4.99.